The molecule has 1 aliphatic carbocycles. The molecule has 5 heteroatoms. The summed E-state index contributed by atoms with van der Waals surface area (Å²) in [6.07, 6.45) is 2.50. The van der Waals surface area contributed by atoms with Crippen LogP contribution in [0.4, 0.5) is 0 Å². The Morgan fingerprint density at radius 3 is 2.54 bits per heavy atom. The molecule has 1 heterocycles. The topological polar surface area (TPSA) is 58.6 Å². The van der Waals surface area contributed by atoms with E-state index in [0.29, 0.717) is 6.54 Å². The van der Waals surface area contributed by atoms with Crippen LogP contribution in [0.25, 0.3) is 0 Å². The van der Waals surface area contributed by atoms with Gasteiger partial charge in [0.1, 0.15) is 11.6 Å². The van der Waals surface area contributed by atoms with E-state index in [2.05, 4.69) is 17.4 Å². The van der Waals surface area contributed by atoms with Crippen LogP contribution in [-0.4, -0.2) is 47.0 Å². The number of ether oxygens (including phenoxy) is 1. The number of nitrogens with one attached hydrogen (secondary N) is 1. The fourth-order valence-corrected chi connectivity index (χ4v) is 3.46. The van der Waals surface area contributed by atoms with Gasteiger partial charge in [0, 0.05) is 6.54 Å². The molecule has 1 amide bonds. The minimum Gasteiger partial charge on any atom is -0.459 e. The number of carbonyl (C=O) groups excluding carboxylic acids is 2. The fourth-order valence-electron chi connectivity index (χ4n) is 3.46. The zero-order valence-corrected chi connectivity index (χ0v) is 14.7. The number of hydrogen-bond acceptors (Lipinski definition) is 4. The summed E-state index contributed by atoms with van der Waals surface area (Å²) in [6.45, 7) is 6.44. The summed E-state index contributed by atoms with van der Waals surface area (Å²) >= 11 is 0. The number of nitrogens with zero attached hydrogens (tertiary/aromatic N) is 1. The first kappa shape index (κ1) is 17.0. The average molecular weight is 330 g/mol. The largest absolute Gasteiger partial charge is 0.459 e. The Labute approximate surface area is 143 Å². The van der Waals surface area contributed by atoms with Crippen LogP contribution >= 0.6 is 0 Å². The third-order valence-corrected chi connectivity index (χ3v) is 4.71. The summed E-state index contributed by atoms with van der Waals surface area (Å²) in [5, 5.41) is 3.11. The Kier molecular flexibility index (Phi) is 4.38. The SMILES string of the molecule is CC(C)(C)OC(=O)C1NCC(=O)N(CCc2ccccc2)C12CC2. The number of piperazine rings is 1. The van der Waals surface area contributed by atoms with Crippen molar-refractivity contribution in [2.75, 3.05) is 13.1 Å². The zero-order chi connectivity index (χ0) is 17.4. The standard InChI is InChI=1S/C19H26N2O3/c1-18(2,3)24-17(23)16-19(10-11-19)21(15(22)13-20-16)12-9-14-7-5-4-6-8-14/h4-8,16,20H,9-13H2,1-3H3. The van der Waals surface area contributed by atoms with Gasteiger partial charge in [-0.1, -0.05) is 30.3 Å². The lowest BCUT2D eigenvalue weighted by molar-refractivity contribution is -0.163. The molecule has 1 aliphatic heterocycles. The van der Waals surface area contributed by atoms with E-state index in [-0.39, 0.29) is 18.4 Å². The van der Waals surface area contributed by atoms with Crippen molar-refractivity contribution in [3.05, 3.63) is 35.9 Å². The number of hydrogen-bond donors (Lipinski definition) is 1. The molecule has 0 radical (unpaired) electrons. The number of benzene rings is 1. The van der Waals surface area contributed by atoms with Crippen molar-refractivity contribution in [1.82, 2.24) is 10.2 Å². The van der Waals surface area contributed by atoms with Gasteiger partial charge in [-0.05, 0) is 45.6 Å². The van der Waals surface area contributed by atoms with Crippen LogP contribution in [-0.2, 0) is 20.7 Å². The fraction of sp³-hybridized carbons (Fsp3) is 0.579. The van der Waals surface area contributed by atoms with Gasteiger partial charge in [0.25, 0.3) is 0 Å². The molecule has 1 unspecified atom stereocenters. The Balaban J connectivity index is 1.72. The van der Waals surface area contributed by atoms with Crippen molar-refractivity contribution in [2.24, 2.45) is 0 Å². The van der Waals surface area contributed by atoms with E-state index >= 15 is 0 Å². The Morgan fingerprint density at radius 1 is 1.29 bits per heavy atom. The molecule has 1 saturated carbocycles. The maximum Gasteiger partial charge on any atom is 0.326 e. The summed E-state index contributed by atoms with van der Waals surface area (Å²) in [5.41, 5.74) is 0.283. The van der Waals surface area contributed by atoms with Gasteiger partial charge in [0.05, 0.1) is 12.1 Å². The molecule has 24 heavy (non-hydrogen) atoms. The van der Waals surface area contributed by atoms with Crippen molar-refractivity contribution in [2.45, 2.75) is 57.2 Å². The van der Waals surface area contributed by atoms with E-state index in [4.69, 9.17) is 4.74 Å². The molecule has 5 nitrogen and oxygen atoms in total. The quantitative estimate of drug-likeness (QED) is 0.857. The molecule has 2 aliphatic rings. The van der Waals surface area contributed by atoms with Crippen LogP contribution in [0.5, 0.6) is 0 Å². The molecule has 1 spiro atoms. The first-order valence-corrected chi connectivity index (χ1v) is 8.62. The minimum absolute atomic E-state index is 0.0724. The first-order valence-electron chi connectivity index (χ1n) is 8.62. The molecule has 1 saturated heterocycles. The van der Waals surface area contributed by atoms with E-state index < -0.39 is 17.2 Å². The van der Waals surface area contributed by atoms with Crippen molar-refractivity contribution in [1.29, 1.82) is 0 Å². The highest BCUT2D eigenvalue weighted by Crippen LogP contribution is 2.47. The molecule has 3 rings (SSSR count). The summed E-state index contributed by atoms with van der Waals surface area (Å²) in [6, 6.07) is 9.71. The first-order chi connectivity index (χ1) is 11.3. The second kappa shape index (κ2) is 6.20. The lowest BCUT2D eigenvalue weighted by atomic mass is 9.99. The molecule has 130 valence electrons. The summed E-state index contributed by atoms with van der Waals surface area (Å²) in [5.74, 6) is -0.180. The monoisotopic (exact) mass is 330 g/mol. The highest BCUT2D eigenvalue weighted by atomic mass is 16.6. The third kappa shape index (κ3) is 3.46. The maximum absolute atomic E-state index is 12.6. The van der Waals surface area contributed by atoms with Gasteiger partial charge in [-0.15, -0.1) is 0 Å². The van der Waals surface area contributed by atoms with Crippen LogP contribution in [0.15, 0.2) is 30.3 Å². The smallest absolute Gasteiger partial charge is 0.326 e. The molecule has 1 N–H and O–H groups in total. The average Bonchev–Trinajstić information content (AvgIpc) is 3.27. The van der Waals surface area contributed by atoms with Crippen LogP contribution in [0.1, 0.15) is 39.2 Å². The number of esters is 1. The van der Waals surface area contributed by atoms with Crippen LogP contribution in [0, 0.1) is 0 Å². The van der Waals surface area contributed by atoms with Crippen molar-refractivity contribution < 1.29 is 14.3 Å². The molecule has 1 aromatic carbocycles. The van der Waals surface area contributed by atoms with Crippen molar-refractivity contribution in [3.8, 4) is 0 Å². The molecular formula is C19H26N2O3. The van der Waals surface area contributed by atoms with E-state index in [9.17, 15) is 9.59 Å². The lowest BCUT2D eigenvalue weighted by Gasteiger charge is -2.42. The van der Waals surface area contributed by atoms with Crippen molar-refractivity contribution >= 4 is 11.9 Å². The van der Waals surface area contributed by atoms with Crippen LogP contribution in [0.2, 0.25) is 0 Å². The lowest BCUT2D eigenvalue weighted by Crippen LogP contribution is -2.66. The zero-order valence-electron chi connectivity index (χ0n) is 14.7. The third-order valence-electron chi connectivity index (χ3n) is 4.71. The van der Waals surface area contributed by atoms with Gasteiger partial charge in [-0.2, -0.15) is 0 Å². The highest BCUT2D eigenvalue weighted by Gasteiger charge is 2.60. The van der Waals surface area contributed by atoms with Crippen molar-refractivity contribution in [3.63, 3.8) is 0 Å². The molecule has 0 bridgehead atoms. The van der Waals surface area contributed by atoms with Crippen LogP contribution < -0.4 is 5.32 Å². The summed E-state index contributed by atoms with van der Waals surface area (Å²) in [4.78, 5) is 26.9. The normalized spacial score (nSPS) is 22.5. The molecule has 1 atom stereocenters. The molecule has 1 aromatic rings. The van der Waals surface area contributed by atoms with Gasteiger partial charge >= 0.3 is 5.97 Å². The summed E-state index contributed by atoms with van der Waals surface area (Å²) < 4.78 is 5.56. The summed E-state index contributed by atoms with van der Waals surface area (Å²) in [7, 11) is 0. The molecular weight excluding hydrogens is 304 g/mol. The second-order valence-corrected chi connectivity index (χ2v) is 7.73. The van der Waals surface area contributed by atoms with E-state index in [1.54, 1.807) is 0 Å². The van der Waals surface area contributed by atoms with Gasteiger partial charge < -0.3 is 9.64 Å². The molecule has 2 fully saturated rings. The Morgan fingerprint density at radius 2 is 1.96 bits per heavy atom. The Bertz CT molecular complexity index is 617. The number of carbonyl (C=O) groups is 2. The van der Waals surface area contributed by atoms with Gasteiger partial charge in [0.15, 0.2) is 0 Å². The predicted octanol–water partition coefficient (Wildman–Crippen LogP) is 1.90. The maximum atomic E-state index is 12.6. The predicted molar refractivity (Wildman–Crippen MR) is 91.5 cm³/mol. The second-order valence-electron chi connectivity index (χ2n) is 7.73. The van der Waals surface area contributed by atoms with Gasteiger partial charge in [-0.3, -0.25) is 14.9 Å². The van der Waals surface area contributed by atoms with Crippen LogP contribution in [0.3, 0.4) is 0 Å². The molecule has 0 aromatic heterocycles. The highest BCUT2D eigenvalue weighted by molar-refractivity contribution is 5.87. The van der Waals surface area contributed by atoms with Gasteiger partial charge in [0.2, 0.25) is 5.91 Å². The minimum atomic E-state index is -0.523. The Hall–Kier alpha value is -1.88. The van der Waals surface area contributed by atoms with E-state index in [1.165, 1.54) is 5.56 Å². The number of rotatable bonds is 4. The van der Waals surface area contributed by atoms with E-state index in [1.807, 2.05) is 43.9 Å². The number of amides is 1. The van der Waals surface area contributed by atoms with E-state index in [0.717, 1.165) is 19.3 Å². The van der Waals surface area contributed by atoms with Gasteiger partial charge in [-0.25, -0.2) is 0 Å².